The maximum absolute atomic E-state index is 11.4. The van der Waals surface area contributed by atoms with Gasteiger partial charge in [0.15, 0.2) is 0 Å². The van der Waals surface area contributed by atoms with E-state index < -0.39 is 0 Å². The summed E-state index contributed by atoms with van der Waals surface area (Å²) in [5, 5.41) is 0. The van der Waals surface area contributed by atoms with Crippen molar-refractivity contribution < 1.29 is 0 Å². The average Bonchev–Trinajstić information content (AvgIpc) is 2.34. The van der Waals surface area contributed by atoms with Gasteiger partial charge in [-0.1, -0.05) is 6.92 Å². The summed E-state index contributed by atoms with van der Waals surface area (Å²) in [7, 11) is 3.56. The van der Waals surface area contributed by atoms with Crippen molar-refractivity contribution in [3.63, 3.8) is 0 Å². The van der Waals surface area contributed by atoms with Gasteiger partial charge in [-0.05, 0) is 18.9 Å². The molecular weight excluding hydrogens is 166 g/mol. The first-order valence-corrected chi connectivity index (χ1v) is 4.47. The van der Waals surface area contributed by atoms with E-state index in [4.69, 9.17) is 5.73 Å². The van der Waals surface area contributed by atoms with Crippen molar-refractivity contribution in [1.82, 2.24) is 9.13 Å². The summed E-state index contributed by atoms with van der Waals surface area (Å²) in [6.07, 6.45) is 2.73. The minimum atomic E-state index is 0.0271. The van der Waals surface area contributed by atoms with Gasteiger partial charge in [-0.15, -0.1) is 0 Å². The molecule has 0 saturated carbocycles. The van der Waals surface area contributed by atoms with E-state index in [1.54, 1.807) is 23.2 Å². The fourth-order valence-electron chi connectivity index (χ4n) is 1.35. The lowest BCUT2D eigenvalue weighted by Gasteiger charge is -2.07. The maximum atomic E-state index is 11.4. The zero-order chi connectivity index (χ0) is 10.0. The van der Waals surface area contributed by atoms with Crippen LogP contribution in [0.5, 0.6) is 0 Å². The Morgan fingerprint density at radius 2 is 2.15 bits per heavy atom. The van der Waals surface area contributed by atoms with E-state index >= 15 is 0 Å². The highest BCUT2D eigenvalue weighted by Crippen LogP contribution is 2.04. The van der Waals surface area contributed by atoms with Crippen LogP contribution in [0, 0.1) is 5.92 Å². The van der Waals surface area contributed by atoms with Crippen LogP contribution in [-0.2, 0) is 20.5 Å². The Labute approximate surface area is 78.0 Å². The predicted octanol–water partition coefficient (Wildman–Crippen LogP) is -0.139. The van der Waals surface area contributed by atoms with E-state index in [1.165, 1.54) is 0 Å². The van der Waals surface area contributed by atoms with Gasteiger partial charge in [0.05, 0.1) is 0 Å². The highest BCUT2D eigenvalue weighted by Gasteiger charge is 2.08. The maximum Gasteiger partial charge on any atom is 0.327 e. The summed E-state index contributed by atoms with van der Waals surface area (Å²) in [4.78, 5) is 11.4. The van der Waals surface area contributed by atoms with Crippen LogP contribution in [0.3, 0.4) is 0 Å². The zero-order valence-corrected chi connectivity index (χ0v) is 8.45. The fraction of sp³-hybridized carbons (Fsp3) is 0.667. The van der Waals surface area contributed by atoms with Gasteiger partial charge < -0.3 is 10.3 Å². The van der Waals surface area contributed by atoms with E-state index in [-0.39, 0.29) is 5.69 Å². The smallest absolute Gasteiger partial charge is 0.327 e. The minimum absolute atomic E-state index is 0.0271. The second-order valence-electron chi connectivity index (χ2n) is 3.62. The van der Waals surface area contributed by atoms with Crippen LogP contribution in [0.4, 0.5) is 0 Å². The van der Waals surface area contributed by atoms with E-state index in [1.807, 2.05) is 6.20 Å². The molecular formula is C9H17N3O. The third kappa shape index (κ3) is 2.01. The molecule has 0 saturated heterocycles. The molecule has 74 valence electrons. The Balaban J connectivity index is 2.90. The molecule has 1 aromatic heterocycles. The molecule has 0 spiro atoms. The summed E-state index contributed by atoms with van der Waals surface area (Å²) in [5.74, 6) is 0.424. The van der Waals surface area contributed by atoms with Gasteiger partial charge in [-0.2, -0.15) is 0 Å². The van der Waals surface area contributed by atoms with Crippen LogP contribution in [-0.4, -0.2) is 15.7 Å². The number of hydrogen-bond donors (Lipinski definition) is 1. The summed E-state index contributed by atoms with van der Waals surface area (Å²) in [6, 6.07) is 0. The van der Waals surface area contributed by atoms with Crippen LogP contribution in [0.15, 0.2) is 11.0 Å². The van der Waals surface area contributed by atoms with Crippen molar-refractivity contribution in [3.8, 4) is 0 Å². The van der Waals surface area contributed by atoms with Crippen LogP contribution < -0.4 is 11.4 Å². The Kier molecular flexibility index (Phi) is 2.93. The number of aromatic nitrogens is 2. The standard InChI is InChI=1S/C9H17N3O/c1-7(5-10)4-8-6-11(2)9(13)12(8)3/h6-7H,4-5,10H2,1-3H3. The van der Waals surface area contributed by atoms with Gasteiger partial charge in [0.25, 0.3) is 0 Å². The molecule has 1 rings (SSSR count). The highest BCUT2D eigenvalue weighted by molar-refractivity contribution is 5.00. The lowest BCUT2D eigenvalue weighted by molar-refractivity contribution is 0.569. The summed E-state index contributed by atoms with van der Waals surface area (Å²) >= 11 is 0. The number of rotatable bonds is 3. The number of nitrogens with zero attached hydrogens (tertiary/aromatic N) is 2. The van der Waals surface area contributed by atoms with Crippen LogP contribution in [0.25, 0.3) is 0 Å². The van der Waals surface area contributed by atoms with Crippen molar-refractivity contribution in [2.75, 3.05) is 6.54 Å². The highest BCUT2D eigenvalue weighted by atomic mass is 16.1. The monoisotopic (exact) mass is 183 g/mol. The van der Waals surface area contributed by atoms with Gasteiger partial charge in [-0.3, -0.25) is 4.57 Å². The number of aryl methyl sites for hydroxylation is 1. The van der Waals surface area contributed by atoms with E-state index in [0.29, 0.717) is 12.5 Å². The van der Waals surface area contributed by atoms with Gasteiger partial charge in [-0.25, -0.2) is 4.79 Å². The molecule has 4 nitrogen and oxygen atoms in total. The molecule has 0 aliphatic rings. The molecule has 1 aromatic rings. The molecule has 1 unspecified atom stereocenters. The first kappa shape index (κ1) is 10.1. The Hall–Kier alpha value is -1.03. The third-order valence-electron chi connectivity index (χ3n) is 2.32. The van der Waals surface area contributed by atoms with Crippen molar-refractivity contribution >= 4 is 0 Å². The second kappa shape index (κ2) is 3.79. The largest absolute Gasteiger partial charge is 0.330 e. The molecule has 0 aliphatic heterocycles. The number of nitrogens with two attached hydrogens (primary N) is 1. The number of hydrogen-bond acceptors (Lipinski definition) is 2. The van der Waals surface area contributed by atoms with E-state index in [2.05, 4.69) is 6.92 Å². The van der Waals surface area contributed by atoms with Crippen molar-refractivity contribution in [1.29, 1.82) is 0 Å². The van der Waals surface area contributed by atoms with Crippen molar-refractivity contribution in [3.05, 3.63) is 22.4 Å². The molecule has 2 N–H and O–H groups in total. The van der Waals surface area contributed by atoms with E-state index in [0.717, 1.165) is 12.1 Å². The molecule has 1 atom stereocenters. The molecule has 0 radical (unpaired) electrons. The van der Waals surface area contributed by atoms with Gasteiger partial charge >= 0.3 is 5.69 Å². The third-order valence-corrected chi connectivity index (χ3v) is 2.32. The summed E-state index contributed by atoms with van der Waals surface area (Å²) in [6.45, 7) is 2.74. The van der Waals surface area contributed by atoms with Gasteiger partial charge in [0, 0.05) is 26.0 Å². The molecule has 0 bridgehead atoms. The molecule has 0 fully saturated rings. The Morgan fingerprint density at radius 1 is 1.54 bits per heavy atom. The van der Waals surface area contributed by atoms with Crippen LogP contribution >= 0.6 is 0 Å². The summed E-state index contributed by atoms with van der Waals surface area (Å²) < 4.78 is 3.27. The molecule has 1 heterocycles. The van der Waals surface area contributed by atoms with Gasteiger partial charge in [0.1, 0.15) is 0 Å². The van der Waals surface area contributed by atoms with Gasteiger partial charge in [0.2, 0.25) is 0 Å². The van der Waals surface area contributed by atoms with Crippen LogP contribution in [0.1, 0.15) is 12.6 Å². The Morgan fingerprint density at radius 3 is 2.54 bits per heavy atom. The number of imidazole rings is 1. The molecule has 13 heavy (non-hydrogen) atoms. The molecule has 0 aromatic carbocycles. The SMILES string of the molecule is CC(CN)Cc1cn(C)c(=O)n1C. The van der Waals surface area contributed by atoms with Crippen LogP contribution in [0.2, 0.25) is 0 Å². The predicted molar refractivity (Wildman–Crippen MR) is 52.6 cm³/mol. The second-order valence-corrected chi connectivity index (χ2v) is 3.62. The van der Waals surface area contributed by atoms with Crippen molar-refractivity contribution in [2.24, 2.45) is 25.7 Å². The average molecular weight is 183 g/mol. The van der Waals surface area contributed by atoms with E-state index in [9.17, 15) is 4.79 Å². The Bertz CT molecular complexity index is 337. The quantitative estimate of drug-likeness (QED) is 0.709. The normalized spacial score (nSPS) is 13.2. The minimum Gasteiger partial charge on any atom is -0.330 e. The zero-order valence-electron chi connectivity index (χ0n) is 8.45. The van der Waals surface area contributed by atoms with Crippen molar-refractivity contribution in [2.45, 2.75) is 13.3 Å². The lowest BCUT2D eigenvalue weighted by Crippen LogP contribution is -2.21. The topological polar surface area (TPSA) is 52.9 Å². The fourth-order valence-corrected chi connectivity index (χ4v) is 1.35. The molecule has 0 aliphatic carbocycles. The first-order chi connectivity index (χ1) is 6.06. The molecule has 0 amide bonds. The lowest BCUT2D eigenvalue weighted by atomic mass is 10.1. The summed E-state index contributed by atoms with van der Waals surface area (Å²) in [5.41, 5.74) is 6.59. The molecule has 4 heteroatoms. The first-order valence-electron chi connectivity index (χ1n) is 4.47.